The maximum Gasteiger partial charge on any atom is 0.127 e. The number of benzene rings is 6. The fourth-order valence-corrected chi connectivity index (χ4v) is 6.11. The van der Waals surface area contributed by atoms with E-state index >= 15 is 0 Å². The summed E-state index contributed by atoms with van der Waals surface area (Å²) in [5.74, 6) is 1.84. The van der Waals surface area contributed by atoms with Crippen LogP contribution in [0.4, 0.5) is 0 Å². The van der Waals surface area contributed by atoms with Gasteiger partial charge in [0.05, 0.1) is 5.41 Å². The number of hydrogen-bond donors (Lipinski definition) is 1. The lowest BCUT2D eigenvalue weighted by Crippen LogP contribution is -2.28. The summed E-state index contributed by atoms with van der Waals surface area (Å²) in [6.07, 6.45) is 0. The molecule has 6 aromatic carbocycles. The monoisotopic (exact) mass is 516 g/mol. The Kier molecular flexibility index (Phi) is 5.75. The molecule has 2 nitrogen and oxygen atoms in total. The minimum absolute atomic E-state index is 0.260. The minimum atomic E-state index is -0.505. The second-order valence-corrected chi connectivity index (χ2v) is 10.4. The standard InChI is InChI=1S/C38H28O2/c1-26-10-12-27(13-11-26)28-14-22-32(23-15-28)40-33-24-18-30(19-25-33)38(29-16-20-31(39)21-17-29)36-8-4-2-6-34(36)35-7-3-5-9-37(35)38/h2-25,39H,1H3. The first-order chi connectivity index (χ1) is 19.6. The van der Waals surface area contributed by atoms with Gasteiger partial charge in [-0.05, 0) is 87.8 Å². The summed E-state index contributed by atoms with van der Waals surface area (Å²) in [5, 5.41) is 10.1. The molecule has 0 unspecified atom stereocenters. The van der Waals surface area contributed by atoms with Crippen LogP contribution in [0.25, 0.3) is 22.3 Å². The van der Waals surface area contributed by atoms with Gasteiger partial charge in [0, 0.05) is 0 Å². The van der Waals surface area contributed by atoms with E-state index < -0.39 is 5.41 Å². The van der Waals surface area contributed by atoms with Crippen LogP contribution in [0, 0.1) is 6.92 Å². The molecule has 0 heterocycles. The molecule has 40 heavy (non-hydrogen) atoms. The van der Waals surface area contributed by atoms with E-state index in [9.17, 15) is 5.11 Å². The fraction of sp³-hybridized carbons (Fsp3) is 0.0526. The second kappa shape index (κ2) is 9.59. The first-order valence-corrected chi connectivity index (χ1v) is 13.6. The average Bonchev–Trinajstić information content (AvgIpc) is 3.30. The van der Waals surface area contributed by atoms with Gasteiger partial charge in [-0.25, -0.2) is 0 Å². The van der Waals surface area contributed by atoms with Crippen LogP contribution in [-0.2, 0) is 5.41 Å². The third-order valence-corrected chi connectivity index (χ3v) is 8.01. The van der Waals surface area contributed by atoms with Crippen LogP contribution in [0.3, 0.4) is 0 Å². The lowest BCUT2D eigenvalue weighted by atomic mass is 9.68. The smallest absolute Gasteiger partial charge is 0.127 e. The highest BCUT2D eigenvalue weighted by Gasteiger charge is 2.45. The van der Waals surface area contributed by atoms with Gasteiger partial charge in [0.25, 0.3) is 0 Å². The van der Waals surface area contributed by atoms with Crippen LogP contribution in [0.1, 0.15) is 27.8 Å². The van der Waals surface area contributed by atoms with Gasteiger partial charge in [-0.2, -0.15) is 0 Å². The summed E-state index contributed by atoms with van der Waals surface area (Å²) in [7, 11) is 0. The number of fused-ring (bicyclic) bond motifs is 3. The Morgan fingerprint density at radius 2 is 0.900 bits per heavy atom. The SMILES string of the molecule is Cc1ccc(-c2ccc(Oc3ccc(C4(c5ccc(O)cc5)c5ccccc5-c5ccccc54)cc3)cc2)cc1. The van der Waals surface area contributed by atoms with Gasteiger partial charge in [-0.3, -0.25) is 0 Å². The Morgan fingerprint density at radius 1 is 0.475 bits per heavy atom. The maximum absolute atomic E-state index is 10.1. The number of ether oxygens (including phenoxy) is 1. The van der Waals surface area contributed by atoms with Crippen LogP contribution >= 0.6 is 0 Å². The van der Waals surface area contributed by atoms with E-state index in [1.807, 2.05) is 24.3 Å². The van der Waals surface area contributed by atoms with Crippen molar-refractivity contribution in [2.24, 2.45) is 0 Å². The van der Waals surface area contributed by atoms with E-state index in [0.717, 1.165) is 28.2 Å². The number of phenols is 1. The first kappa shape index (κ1) is 24.0. The molecule has 2 heteroatoms. The summed E-state index contributed by atoms with van der Waals surface area (Å²) in [4.78, 5) is 0. The summed E-state index contributed by atoms with van der Waals surface area (Å²) < 4.78 is 6.27. The number of hydrogen-bond acceptors (Lipinski definition) is 2. The predicted octanol–water partition coefficient (Wildman–Crippen LogP) is 9.52. The van der Waals surface area contributed by atoms with Gasteiger partial charge in [-0.15, -0.1) is 0 Å². The summed E-state index contributed by atoms with van der Waals surface area (Å²) in [6, 6.07) is 50.1. The van der Waals surface area contributed by atoms with Gasteiger partial charge in [0.2, 0.25) is 0 Å². The Balaban J connectivity index is 1.27. The maximum atomic E-state index is 10.1. The van der Waals surface area contributed by atoms with E-state index in [1.54, 1.807) is 12.1 Å². The predicted molar refractivity (Wildman–Crippen MR) is 162 cm³/mol. The third-order valence-electron chi connectivity index (χ3n) is 8.01. The van der Waals surface area contributed by atoms with Gasteiger partial charge in [0.15, 0.2) is 0 Å². The molecule has 192 valence electrons. The molecule has 0 fully saturated rings. The third kappa shape index (κ3) is 3.88. The Morgan fingerprint density at radius 3 is 1.43 bits per heavy atom. The molecule has 6 aromatic rings. The van der Waals surface area contributed by atoms with Crippen LogP contribution in [-0.4, -0.2) is 5.11 Å². The number of phenolic OH excluding ortho intramolecular Hbond substituents is 1. The highest BCUT2D eigenvalue weighted by Crippen LogP contribution is 2.56. The van der Waals surface area contributed by atoms with Crippen molar-refractivity contribution in [3.8, 4) is 39.5 Å². The molecule has 0 aliphatic heterocycles. The summed E-state index contributed by atoms with van der Waals surface area (Å²) in [5.41, 5.74) is 10.3. The quantitative estimate of drug-likeness (QED) is 0.247. The molecule has 0 bridgehead atoms. The van der Waals surface area contributed by atoms with Crippen LogP contribution < -0.4 is 4.74 Å². The van der Waals surface area contributed by atoms with Gasteiger partial charge >= 0.3 is 0 Å². The molecule has 0 saturated carbocycles. The molecular weight excluding hydrogens is 488 g/mol. The Labute approximate surface area is 234 Å². The lowest BCUT2D eigenvalue weighted by molar-refractivity contribution is 0.475. The van der Waals surface area contributed by atoms with Crippen LogP contribution in [0.15, 0.2) is 146 Å². The molecule has 7 rings (SSSR count). The molecule has 1 aliphatic rings. The van der Waals surface area contributed by atoms with Gasteiger partial charge in [-0.1, -0.05) is 115 Å². The molecule has 1 aliphatic carbocycles. The Bertz CT molecular complexity index is 1750. The van der Waals surface area contributed by atoms with E-state index in [-0.39, 0.29) is 5.75 Å². The second-order valence-electron chi connectivity index (χ2n) is 10.4. The van der Waals surface area contributed by atoms with Gasteiger partial charge in [0.1, 0.15) is 17.2 Å². The van der Waals surface area contributed by atoms with Crippen molar-refractivity contribution in [3.63, 3.8) is 0 Å². The van der Waals surface area contributed by atoms with Crippen molar-refractivity contribution in [2.45, 2.75) is 12.3 Å². The molecule has 0 amide bonds. The van der Waals surface area contributed by atoms with Crippen molar-refractivity contribution in [1.82, 2.24) is 0 Å². The lowest BCUT2D eigenvalue weighted by Gasteiger charge is -2.34. The van der Waals surface area contributed by atoms with Crippen molar-refractivity contribution in [3.05, 3.63) is 173 Å². The van der Waals surface area contributed by atoms with Crippen LogP contribution in [0.5, 0.6) is 17.2 Å². The molecule has 0 atom stereocenters. The number of rotatable bonds is 5. The first-order valence-electron chi connectivity index (χ1n) is 13.6. The molecule has 0 radical (unpaired) electrons. The van der Waals surface area contributed by atoms with E-state index in [4.69, 9.17) is 4.74 Å². The van der Waals surface area contributed by atoms with Crippen molar-refractivity contribution < 1.29 is 9.84 Å². The van der Waals surface area contributed by atoms with Crippen molar-refractivity contribution in [2.75, 3.05) is 0 Å². The zero-order valence-corrected chi connectivity index (χ0v) is 22.2. The molecule has 1 N–H and O–H groups in total. The fourth-order valence-electron chi connectivity index (χ4n) is 6.11. The zero-order valence-electron chi connectivity index (χ0n) is 22.2. The molecular formula is C38H28O2. The average molecular weight is 517 g/mol. The number of aryl methyl sites for hydroxylation is 1. The van der Waals surface area contributed by atoms with Crippen molar-refractivity contribution >= 4 is 0 Å². The Hall–Kier alpha value is -5.08. The summed E-state index contributed by atoms with van der Waals surface area (Å²) >= 11 is 0. The van der Waals surface area contributed by atoms with Crippen molar-refractivity contribution in [1.29, 1.82) is 0 Å². The molecule has 0 aromatic heterocycles. The summed E-state index contributed by atoms with van der Waals surface area (Å²) in [6.45, 7) is 2.10. The highest BCUT2D eigenvalue weighted by atomic mass is 16.5. The highest BCUT2D eigenvalue weighted by molar-refractivity contribution is 5.86. The zero-order chi connectivity index (χ0) is 27.1. The molecule has 0 spiro atoms. The number of aromatic hydroxyl groups is 1. The largest absolute Gasteiger partial charge is 0.508 e. The van der Waals surface area contributed by atoms with E-state index in [1.165, 1.54) is 33.4 Å². The normalized spacial score (nSPS) is 12.9. The minimum Gasteiger partial charge on any atom is -0.508 e. The van der Waals surface area contributed by atoms with E-state index in [2.05, 4.69) is 116 Å². The van der Waals surface area contributed by atoms with Gasteiger partial charge < -0.3 is 9.84 Å². The topological polar surface area (TPSA) is 29.5 Å². The molecule has 0 saturated heterocycles. The van der Waals surface area contributed by atoms with E-state index in [0.29, 0.717) is 0 Å². The van der Waals surface area contributed by atoms with Crippen LogP contribution in [0.2, 0.25) is 0 Å².